The number of benzene rings is 1. The van der Waals surface area contributed by atoms with E-state index in [1.54, 1.807) is 6.20 Å². The number of rotatable bonds is 4. The third-order valence-corrected chi connectivity index (χ3v) is 3.09. The lowest BCUT2D eigenvalue weighted by atomic mass is 10.2. The molecule has 0 saturated carbocycles. The first-order valence-corrected chi connectivity index (χ1v) is 6.43. The summed E-state index contributed by atoms with van der Waals surface area (Å²) in [5, 5.41) is 3.26. The van der Waals surface area contributed by atoms with Gasteiger partial charge in [-0.2, -0.15) is 4.98 Å². The van der Waals surface area contributed by atoms with Crippen molar-refractivity contribution in [2.45, 2.75) is 0 Å². The largest absolute Gasteiger partial charge is 0.376 e. The number of anilines is 4. The lowest BCUT2D eigenvalue weighted by molar-refractivity contribution is 1.10. The van der Waals surface area contributed by atoms with Crippen LogP contribution in [0.25, 0.3) is 0 Å². The molecule has 0 unspecified atom stereocenters. The molecule has 0 spiro atoms. The van der Waals surface area contributed by atoms with Gasteiger partial charge >= 0.3 is 0 Å². The van der Waals surface area contributed by atoms with E-state index in [1.165, 1.54) is 0 Å². The van der Waals surface area contributed by atoms with Crippen LogP contribution in [0, 0.1) is 0 Å². The summed E-state index contributed by atoms with van der Waals surface area (Å²) in [5.41, 5.74) is 4.44. The molecule has 100 valence electrons. The average molecular weight is 323 g/mol. The summed E-state index contributed by atoms with van der Waals surface area (Å²) in [6.45, 7) is 0. The second-order valence-electron chi connectivity index (χ2n) is 4.07. The van der Waals surface area contributed by atoms with E-state index in [1.807, 2.05) is 43.3 Å². The maximum absolute atomic E-state index is 5.31. The van der Waals surface area contributed by atoms with Crippen molar-refractivity contribution in [2.24, 2.45) is 5.84 Å². The van der Waals surface area contributed by atoms with Gasteiger partial charge in [-0.3, -0.25) is 5.43 Å². The van der Waals surface area contributed by atoms with Crippen molar-refractivity contribution in [3.8, 4) is 0 Å². The molecule has 2 aromatic rings. The predicted molar refractivity (Wildman–Crippen MR) is 81.6 cm³/mol. The Morgan fingerprint density at radius 3 is 2.68 bits per heavy atom. The summed E-state index contributed by atoms with van der Waals surface area (Å²) in [7, 11) is 3.98. The molecular formula is C12H15BrN6. The molecule has 6 nitrogen and oxygen atoms in total. The third-order valence-electron chi connectivity index (χ3n) is 2.51. The van der Waals surface area contributed by atoms with E-state index >= 15 is 0 Å². The Bertz CT molecular complexity index is 572. The minimum atomic E-state index is 0.355. The van der Waals surface area contributed by atoms with Crippen LogP contribution < -0.4 is 21.5 Å². The second kappa shape index (κ2) is 5.85. The van der Waals surface area contributed by atoms with Crippen LogP contribution in [0.15, 0.2) is 34.9 Å². The van der Waals surface area contributed by atoms with E-state index in [2.05, 4.69) is 36.6 Å². The maximum atomic E-state index is 5.31. The molecule has 0 amide bonds. The van der Waals surface area contributed by atoms with E-state index in [0.717, 1.165) is 15.8 Å². The van der Waals surface area contributed by atoms with Crippen LogP contribution in [-0.4, -0.2) is 24.1 Å². The molecular weight excluding hydrogens is 308 g/mol. The number of hydrogen-bond acceptors (Lipinski definition) is 6. The number of halogens is 1. The normalized spacial score (nSPS) is 10.1. The smallest absolute Gasteiger partial charge is 0.239 e. The highest BCUT2D eigenvalue weighted by Crippen LogP contribution is 2.29. The Balaban J connectivity index is 2.36. The molecule has 2 rings (SSSR count). The van der Waals surface area contributed by atoms with E-state index < -0.39 is 0 Å². The number of aromatic nitrogens is 2. The number of para-hydroxylation sites is 2. The second-order valence-corrected chi connectivity index (χ2v) is 4.93. The lowest BCUT2D eigenvalue weighted by Gasteiger charge is -2.18. The lowest BCUT2D eigenvalue weighted by Crippen LogP contribution is -2.13. The van der Waals surface area contributed by atoms with E-state index in [4.69, 9.17) is 5.84 Å². The summed E-state index contributed by atoms with van der Waals surface area (Å²) in [4.78, 5) is 10.3. The summed E-state index contributed by atoms with van der Waals surface area (Å²) < 4.78 is 0.764. The highest BCUT2D eigenvalue weighted by atomic mass is 79.9. The number of hydrogen-bond donors (Lipinski definition) is 3. The molecule has 1 aromatic carbocycles. The average Bonchev–Trinajstić information content (AvgIpc) is 2.41. The van der Waals surface area contributed by atoms with Gasteiger partial charge in [0.2, 0.25) is 5.95 Å². The molecule has 1 aromatic heterocycles. The first kappa shape index (κ1) is 13.6. The Morgan fingerprint density at radius 1 is 1.26 bits per heavy atom. The molecule has 7 heteroatoms. The molecule has 19 heavy (non-hydrogen) atoms. The highest BCUT2D eigenvalue weighted by molar-refractivity contribution is 9.10. The molecule has 0 saturated heterocycles. The van der Waals surface area contributed by atoms with E-state index in [9.17, 15) is 0 Å². The van der Waals surface area contributed by atoms with Gasteiger partial charge in [-0.25, -0.2) is 10.8 Å². The van der Waals surface area contributed by atoms with Crippen LogP contribution in [0.4, 0.5) is 23.1 Å². The zero-order valence-electron chi connectivity index (χ0n) is 10.7. The van der Waals surface area contributed by atoms with Gasteiger partial charge in [-0.05, 0) is 28.1 Å². The third kappa shape index (κ3) is 3.12. The van der Waals surface area contributed by atoms with Gasteiger partial charge in [0.25, 0.3) is 0 Å². The Kier molecular flexibility index (Phi) is 4.18. The van der Waals surface area contributed by atoms with Gasteiger partial charge in [0.15, 0.2) is 0 Å². The predicted octanol–water partition coefficient (Wildman–Crippen LogP) is 2.33. The van der Waals surface area contributed by atoms with Gasteiger partial charge in [-0.1, -0.05) is 12.1 Å². The van der Waals surface area contributed by atoms with Crippen molar-refractivity contribution in [3.63, 3.8) is 0 Å². The fourth-order valence-electron chi connectivity index (χ4n) is 1.62. The van der Waals surface area contributed by atoms with E-state index in [-0.39, 0.29) is 0 Å². The molecule has 0 radical (unpaired) electrons. The summed E-state index contributed by atoms with van der Waals surface area (Å²) in [5.74, 6) is 6.32. The number of nitrogen functional groups attached to an aromatic ring is 1. The van der Waals surface area contributed by atoms with Crippen LogP contribution in [0.1, 0.15) is 0 Å². The van der Waals surface area contributed by atoms with Crippen LogP contribution in [0.5, 0.6) is 0 Å². The minimum Gasteiger partial charge on any atom is -0.376 e. The van der Waals surface area contributed by atoms with Crippen molar-refractivity contribution < 1.29 is 0 Å². The summed E-state index contributed by atoms with van der Waals surface area (Å²) in [6, 6.07) is 7.97. The van der Waals surface area contributed by atoms with Gasteiger partial charge in [0.05, 0.1) is 15.8 Å². The first-order valence-electron chi connectivity index (χ1n) is 5.64. The van der Waals surface area contributed by atoms with Crippen LogP contribution in [0.3, 0.4) is 0 Å². The molecule has 0 aliphatic heterocycles. The zero-order valence-corrected chi connectivity index (χ0v) is 12.3. The van der Waals surface area contributed by atoms with Crippen LogP contribution >= 0.6 is 15.9 Å². The molecule has 0 fully saturated rings. The molecule has 1 heterocycles. The SMILES string of the molecule is CN(C)c1ccccc1Nc1nc(NN)ncc1Br. The molecule has 0 bridgehead atoms. The monoisotopic (exact) mass is 322 g/mol. The maximum Gasteiger partial charge on any atom is 0.239 e. The van der Waals surface area contributed by atoms with Crippen molar-refractivity contribution in [1.82, 2.24) is 9.97 Å². The molecule has 0 atom stereocenters. The van der Waals surface area contributed by atoms with Gasteiger partial charge in [0, 0.05) is 20.3 Å². The first-order chi connectivity index (χ1) is 9.11. The number of hydrazine groups is 1. The van der Waals surface area contributed by atoms with Gasteiger partial charge in [-0.15, -0.1) is 0 Å². The number of nitrogens with zero attached hydrogens (tertiary/aromatic N) is 3. The topological polar surface area (TPSA) is 79.1 Å². The van der Waals surface area contributed by atoms with E-state index in [0.29, 0.717) is 11.8 Å². The quantitative estimate of drug-likeness (QED) is 0.592. The van der Waals surface area contributed by atoms with Crippen LogP contribution in [0.2, 0.25) is 0 Å². The fourth-order valence-corrected chi connectivity index (χ4v) is 1.91. The van der Waals surface area contributed by atoms with Crippen molar-refractivity contribution >= 4 is 39.1 Å². The van der Waals surface area contributed by atoms with Crippen molar-refractivity contribution in [3.05, 3.63) is 34.9 Å². The van der Waals surface area contributed by atoms with Crippen LogP contribution in [-0.2, 0) is 0 Å². The summed E-state index contributed by atoms with van der Waals surface area (Å²) >= 11 is 3.41. The molecule has 4 N–H and O–H groups in total. The molecule has 0 aliphatic rings. The zero-order chi connectivity index (χ0) is 13.8. The standard InChI is InChI=1S/C12H15BrN6/c1-19(2)10-6-4-3-5-9(10)16-11-8(13)7-15-12(17-11)18-14/h3-7H,14H2,1-2H3,(H2,15,16,17,18). The van der Waals surface area contributed by atoms with Gasteiger partial charge < -0.3 is 10.2 Å². The highest BCUT2D eigenvalue weighted by Gasteiger charge is 2.08. The van der Waals surface area contributed by atoms with Gasteiger partial charge in [0.1, 0.15) is 5.82 Å². The summed E-state index contributed by atoms with van der Waals surface area (Å²) in [6.07, 6.45) is 1.64. The molecule has 0 aliphatic carbocycles. The van der Waals surface area contributed by atoms with Crippen molar-refractivity contribution in [2.75, 3.05) is 29.7 Å². The minimum absolute atomic E-state index is 0.355. The van der Waals surface area contributed by atoms with Crippen molar-refractivity contribution in [1.29, 1.82) is 0 Å². The Hall–Kier alpha value is -1.86. The Labute approximate surface area is 120 Å². The number of nitrogens with one attached hydrogen (secondary N) is 2. The Morgan fingerprint density at radius 2 is 2.00 bits per heavy atom. The number of nitrogens with two attached hydrogens (primary N) is 1. The fraction of sp³-hybridized carbons (Fsp3) is 0.167.